The van der Waals surface area contributed by atoms with Crippen LogP contribution in [-0.4, -0.2) is 72.8 Å². The Morgan fingerprint density at radius 2 is 1.77 bits per heavy atom. The molecule has 30 heavy (non-hydrogen) atoms. The number of nitrogens with one attached hydrogen (secondary N) is 1. The van der Waals surface area contributed by atoms with Gasteiger partial charge in [0, 0.05) is 26.2 Å². The fourth-order valence-electron chi connectivity index (χ4n) is 4.95. The van der Waals surface area contributed by atoms with Gasteiger partial charge in [-0.2, -0.15) is 4.31 Å². The molecule has 9 heteroatoms. The second-order valence-corrected chi connectivity index (χ2v) is 11.0. The van der Waals surface area contributed by atoms with Crippen LogP contribution in [-0.2, 0) is 27.7 Å². The van der Waals surface area contributed by atoms with Crippen molar-refractivity contribution in [2.45, 2.75) is 49.5 Å². The van der Waals surface area contributed by atoms with Crippen molar-refractivity contribution in [1.29, 1.82) is 0 Å². The normalized spacial score (nSPS) is 28.1. The van der Waals surface area contributed by atoms with Gasteiger partial charge in [0.05, 0.1) is 11.6 Å². The second kappa shape index (κ2) is 7.03. The summed E-state index contributed by atoms with van der Waals surface area (Å²) in [6.45, 7) is 3.69. The minimum Gasteiger partial charge on any atom is -0.323 e. The van der Waals surface area contributed by atoms with E-state index in [1.807, 2.05) is 24.0 Å². The molecule has 1 saturated carbocycles. The molecule has 2 heterocycles. The fraction of sp³-hybridized carbons (Fsp3) is 0.619. The average molecular weight is 433 g/mol. The lowest BCUT2D eigenvalue weighted by Crippen LogP contribution is -2.53. The van der Waals surface area contributed by atoms with Gasteiger partial charge in [-0.15, -0.1) is 0 Å². The Labute approximate surface area is 177 Å². The van der Waals surface area contributed by atoms with E-state index in [4.69, 9.17) is 0 Å². The van der Waals surface area contributed by atoms with Crippen molar-refractivity contribution in [1.82, 2.24) is 19.4 Å². The number of nitrogens with zero attached hydrogens (tertiary/aromatic N) is 3. The molecule has 1 N–H and O–H groups in total. The number of carbonyl (C=O) groups excluding carboxylic acids is 2. The van der Waals surface area contributed by atoms with Crippen LogP contribution >= 0.6 is 0 Å². The first kappa shape index (κ1) is 20.0. The Balaban J connectivity index is 1.22. The van der Waals surface area contributed by atoms with Crippen molar-refractivity contribution >= 4 is 22.0 Å². The molecular weight excluding hydrogens is 404 g/mol. The van der Waals surface area contributed by atoms with Gasteiger partial charge in [-0.05, 0) is 68.2 Å². The molecule has 3 fully saturated rings. The third-order valence-electron chi connectivity index (χ3n) is 7.08. The summed E-state index contributed by atoms with van der Waals surface area (Å²) >= 11 is 0. The standard InChI is InChI=1S/C21H28N4O4S/c1-21(17-6-7-17)19(26)25(20(27)22-21)14-23-9-11-24(12-10-23)30(28,29)18-8-5-15-3-2-4-16(15)13-18/h5,8,13,17H,2-4,6-7,9-12,14H2,1H3,(H,22,27). The molecule has 0 spiro atoms. The van der Waals surface area contributed by atoms with Crippen LogP contribution in [0.5, 0.6) is 0 Å². The van der Waals surface area contributed by atoms with E-state index < -0.39 is 15.6 Å². The van der Waals surface area contributed by atoms with Crippen molar-refractivity contribution in [2.24, 2.45) is 5.92 Å². The SMILES string of the molecule is CC1(C2CC2)NC(=O)N(CN2CCN(S(=O)(=O)c3ccc4c(c3)CCC4)CC2)C1=O. The minimum atomic E-state index is -3.53. The van der Waals surface area contributed by atoms with Gasteiger partial charge < -0.3 is 5.32 Å². The number of aryl methyl sites for hydroxylation is 2. The van der Waals surface area contributed by atoms with Gasteiger partial charge in [-0.25, -0.2) is 18.1 Å². The first-order valence-corrected chi connectivity index (χ1v) is 12.2. The van der Waals surface area contributed by atoms with Gasteiger partial charge in [0.25, 0.3) is 5.91 Å². The van der Waals surface area contributed by atoms with Crippen LogP contribution in [0.4, 0.5) is 4.79 Å². The van der Waals surface area contributed by atoms with E-state index in [1.165, 1.54) is 14.8 Å². The van der Waals surface area contributed by atoms with Crippen molar-refractivity contribution in [3.05, 3.63) is 29.3 Å². The summed E-state index contributed by atoms with van der Waals surface area (Å²) < 4.78 is 27.7. The molecule has 4 aliphatic rings. The molecule has 0 aromatic heterocycles. The van der Waals surface area contributed by atoms with E-state index in [0.717, 1.165) is 37.7 Å². The fourth-order valence-corrected chi connectivity index (χ4v) is 6.42. The highest BCUT2D eigenvalue weighted by Gasteiger charge is 2.56. The summed E-state index contributed by atoms with van der Waals surface area (Å²) in [4.78, 5) is 28.8. The molecule has 1 aromatic rings. The third kappa shape index (κ3) is 3.23. The molecule has 8 nitrogen and oxygen atoms in total. The average Bonchev–Trinajstić information content (AvgIpc) is 3.45. The summed E-state index contributed by atoms with van der Waals surface area (Å²) in [5.74, 6) is 0.0662. The van der Waals surface area contributed by atoms with Gasteiger partial charge in [0.1, 0.15) is 5.54 Å². The quantitative estimate of drug-likeness (QED) is 0.706. The van der Waals surface area contributed by atoms with Crippen molar-refractivity contribution in [3.63, 3.8) is 0 Å². The number of rotatable bonds is 5. The molecule has 3 amide bonds. The molecule has 2 aliphatic heterocycles. The predicted molar refractivity (Wildman–Crippen MR) is 110 cm³/mol. The highest BCUT2D eigenvalue weighted by atomic mass is 32.2. The second-order valence-electron chi connectivity index (χ2n) is 9.09. The number of urea groups is 1. The summed E-state index contributed by atoms with van der Waals surface area (Å²) in [5, 5.41) is 2.86. The molecule has 1 unspecified atom stereocenters. The van der Waals surface area contributed by atoms with Crippen molar-refractivity contribution in [3.8, 4) is 0 Å². The van der Waals surface area contributed by atoms with E-state index >= 15 is 0 Å². The molecule has 0 bridgehead atoms. The number of sulfonamides is 1. The Kier molecular flexibility index (Phi) is 4.68. The number of hydrogen-bond acceptors (Lipinski definition) is 5. The Morgan fingerprint density at radius 3 is 2.47 bits per heavy atom. The smallest absolute Gasteiger partial charge is 0.323 e. The number of amides is 3. The lowest BCUT2D eigenvalue weighted by molar-refractivity contribution is -0.133. The molecule has 5 rings (SSSR count). The predicted octanol–water partition coefficient (Wildman–Crippen LogP) is 1.16. The lowest BCUT2D eigenvalue weighted by atomic mass is 9.96. The van der Waals surface area contributed by atoms with Crippen LogP contribution < -0.4 is 5.32 Å². The zero-order valence-corrected chi connectivity index (χ0v) is 18.1. The van der Waals surface area contributed by atoms with Crippen LogP contribution in [0.15, 0.2) is 23.1 Å². The largest absolute Gasteiger partial charge is 0.326 e. The van der Waals surface area contributed by atoms with E-state index in [-0.39, 0.29) is 24.5 Å². The Morgan fingerprint density at radius 1 is 1.07 bits per heavy atom. The van der Waals surface area contributed by atoms with Crippen molar-refractivity contribution in [2.75, 3.05) is 32.8 Å². The summed E-state index contributed by atoms with van der Waals surface area (Å²) in [5.41, 5.74) is 1.62. The first-order chi connectivity index (χ1) is 14.3. The van der Waals surface area contributed by atoms with E-state index in [2.05, 4.69) is 5.32 Å². The highest BCUT2D eigenvalue weighted by Crippen LogP contribution is 2.42. The number of benzene rings is 1. The summed E-state index contributed by atoms with van der Waals surface area (Å²) in [7, 11) is -3.53. The topological polar surface area (TPSA) is 90.0 Å². The molecule has 1 aromatic carbocycles. The maximum absolute atomic E-state index is 13.1. The number of hydrogen-bond donors (Lipinski definition) is 1. The molecule has 0 radical (unpaired) electrons. The molecule has 162 valence electrons. The lowest BCUT2D eigenvalue weighted by Gasteiger charge is -2.35. The Hall–Kier alpha value is -1.97. The van der Waals surface area contributed by atoms with Crippen LogP contribution in [0.1, 0.15) is 37.3 Å². The van der Waals surface area contributed by atoms with Gasteiger partial charge in [-0.3, -0.25) is 9.69 Å². The van der Waals surface area contributed by atoms with Crippen LogP contribution in [0, 0.1) is 5.92 Å². The van der Waals surface area contributed by atoms with Crippen LogP contribution in [0.25, 0.3) is 0 Å². The van der Waals surface area contributed by atoms with Gasteiger partial charge in [0.2, 0.25) is 10.0 Å². The highest BCUT2D eigenvalue weighted by molar-refractivity contribution is 7.89. The maximum Gasteiger partial charge on any atom is 0.326 e. The molecule has 2 saturated heterocycles. The maximum atomic E-state index is 13.1. The van der Waals surface area contributed by atoms with Crippen LogP contribution in [0.3, 0.4) is 0 Å². The summed E-state index contributed by atoms with van der Waals surface area (Å²) in [6, 6.07) is 5.15. The van der Waals surface area contributed by atoms with Gasteiger partial charge >= 0.3 is 6.03 Å². The molecule has 1 atom stereocenters. The monoisotopic (exact) mass is 432 g/mol. The van der Waals surface area contributed by atoms with Gasteiger partial charge in [0.15, 0.2) is 0 Å². The Bertz CT molecular complexity index is 998. The first-order valence-electron chi connectivity index (χ1n) is 10.8. The number of carbonyl (C=O) groups is 2. The van der Waals surface area contributed by atoms with E-state index in [0.29, 0.717) is 31.1 Å². The number of fused-ring (bicyclic) bond motifs is 1. The zero-order chi connectivity index (χ0) is 21.1. The van der Waals surface area contributed by atoms with Crippen LogP contribution in [0.2, 0.25) is 0 Å². The molecular formula is C21H28N4O4S. The minimum absolute atomic E-state index is 0.164. The number of imide groups is 1. The van der Waals surface area contributed by atoms with Gasteiger partial charge in [-0.1, -0.05) is 6.07 Å². The zero-order valence-electron chi connectivity index (χ0n) is 17.3. The summed E-state index contributed by atoms with van der Waals surface area (Å²) in [6.07, 6.45) is 4.99. The third-order valence-corrected chi connectivity index (χ3v) is 8.97. The van der Waals surface area contributed by atoms with Crippen molar-refractivity contribution < 1.29 is 18.0 Å². The van der Waals surface area contributed by atoms with E-state index in [9.17, 15) is 18.0 Å². The number of piperazine rings is 1. The molecule has 2 aliphatic carbocycles. The van der Waals surface area contributed by atoms with E-state index in [1.54, 1.807) is 6.07 Å².